The molecule has 0 bridgehead atoms. The van der Waals surface area contributed by atoms with Crippen LogP contribution in [0.15, 0.2) is 35.1 Å². The molecule has 0 spiro atoms. The fraction of sp³-hybridized carbons (Fsp3) is 0.458. The first-order valence-corrected chi connectivity index (χ1v) is 11.3. The van der Waals surface area contributed by atoms with E-state index in [1.807, 2.05) is 19.0 Å². The molecule has 0 aliphatic heterocycles. The number of likely N-dealkylation sites (N-methyl/N-ethyl adjacent to an activating group) is 1. The van der Waals surface area contributed by atoms with Gasteiger partial charge in [-0.3, -0.25) is 14.4 Å². The number of nitrogens with two attached hydrogens (primary N) is 1. The summed E-state index contributed by atoms with van der Waals surface area (Å²) in [5.41, 5.74) is 1.50. The summed E-state index contributed by atoms with van der Waals surface area (Å²) < 4.78 is 0. The van der Waals surface area contributed by atoms with Crippen LogP contribution in [0, 0.1) is 11.8 Å². The number of Topliss-reactive ketones (excluding diaryl/α,β-unsaturated/α-hetero) is 2. The van der Waals surface area contributed by atoms with E-state index in [1.54, 1.807) is 12.1 Å². The molecular weight excluding hydrogens is 458 g/mol. The van der Waals surface area contributed by atoms with Gasteiger partial charge in [-0.25, -0.2) is 0 Å². The monoisotopic (exact) mass is 487 g/mol. The summed E-state index contributed by atoms with van der Waals surface area (Å²) in [6.07, 6.45) is -2.17. The van der Waals surface area contributed by atoms with Crippen LogP contribution in [0.4, 0.5) is 0 Å². The van der Waals surface area contributed by atoms with Crippen LogP contribution in [0.3, 0.4) is 0 Å². The summed E-state index contributed by atoms with van der Waals surface area (Å²) in [4.78, 5) is 40.0. The highest BCUT2D eigenvalue weighted by atomic mass is 16.4. The number of phenolic OH excluding ortho intramolecular Hbond substituents is 1. The summed E-state index contributed by atoms with van der Waals surface area (Å²) in [6, 6.07) is 4.56. The standard InChI is InChI=1S/C24H29N3O8/c1-27(2)7-6-26-9-11-10-4-3-5-13(28)15(10)20(31)18-16(11)19(30)12-8-14(29)17(23(25)34)21(32)24(12,35)22(18)33/h3-5,11-12,16,19,26,28,30-32,35H,6-9H2,1-2H3,(H2,25,34)/t11-,12+,16+,19+,24+/m0/s1. The lowest BCUT2D eigenvalue weighted by atomic mass is 9.55. The Bertz CT molecular complexity index is 1170. The van der Waals surface area contributed by atoms with Gasteiger partial charge in [-0.1, -0.05) is 12.1 Å². The van der Waals surface area contributed by atoms with Crippen molar-refractivity contribution in [3.63, 3.8) is 0 Å². The van der Waals surface area contributed by atoms with Crippen molar-refractivity contribution >= 4 is 23.2 Å². The molecule has 1 fully saturated rings. The molecule has 11 heteroatoms. The lowest BCUT2D eigenvalue weighted by Crippen LogP contribution is -2.64. The van der Waals surface area contributed by atoms with Crippen molar-refractivity contribution in [1.82, 2.24) is 10.2 Å². The van der Waals surface area contributed by atoms with Gasteiger partial charge in [0.1, 0.15) is 22.8 Å². The van der Waals surface area contributed by atoms with E-state index in [9.17, 15) is 39.9 Å². The van der Waals surface area contributed by atoms with Crippen molar-refractivity contribution in [3.8, 4) is 5.75 Å². The Hall–Kier alpha value is -3.25. The molecule has 0 unspecified atom stereocenters. The second kappa shape index (κ2) is 8.76. The Labute approximate surface area is 201 Å². The molecule has 1 aromatic rings. The van der Waals surface area contributed by atoms with Gasteiger partial charge < -0.3 is 41.5 Å². The third-order valence-corrected chi connectivity index (χ3v) is 7.27. The number of primary amides is 1. The van der Waals surface area contributed by atoms with E-state index in [1.165, 1.54) is 6.07 Å². The molecular formula is C24H29N3O8. The minimum absolute atomic E-state index is 0.0220. The third kappa shape index (κ3) is 3.62. The van der Waals surface area contributed by atoms with Crippen molar-refractivity contribution in [2.75, 3.05) is 33.7 Å². The maximum atomic E-state index is 13.7. The van der Waals surface area contributed by atoms with Crippen molar-refractivity contribution in [2.24, 2.45) is 17.6 Å². The van der Waals surface area contributed by atoms with E-state index >= 15 is 0 Å². The van der Waals surface area contributed by atoms with E-state index in [0.29, 0.717) is 18.7 Å². The fourth-order valence-electron chi connectivity index (χ4n) is 5.58. The number of benzene rings is 1. The van der Waals surface area contributed by atoms with Crippen LogP contribution in [0.2, 0.25) is 0 Å². The maximum Gasteiger partial charge on any atom is 0.255 e. The third-order valence-electron chi connectivity index (χ3n) is 7.27. The average molecular weight is 488 g/mol. The van der Waals surface area contributed by atoms with Gasteiger partial charge in [-0.2, -0.15) is 0 Å². The number of hydrogen-bond acceptors (Lipinski definition) is 10. The van der Waals surface area contributed by atoms with Crippen LogP contribution < -0.4 is 11.1 Å². The number of carbonyl (C=O) groups excluding carboxylic acids is 3. The SMILES string of the molecule is CN(C)CCNC[C@H]1c2cccc(O)c2C(O)=C2C(=O)[C@]3(O)C(O)=C(C(N)=O)C(=O)C[C@@H]3[C@@H](O)[C@@H]21. The van der Waals surface area contributed by atoms with Crippen molar-refractivity contribution in [2.45, 2.75) is 24.0 Å². The first kappa shape index (κ1) is 24.9. The summed E-state index contributed by atoms with van der Waals surface area (Å²) >= 11 is 0. The molecule has 8 N–H and O–H groups in total. The number of hydrogen-bond donors (Lipinski definition) is 7. The molecule has 0 heterocycles. The lowest BCUT2D eigenvalue weighted by molar-refractivity contribution is -0.160. The summed E-state index contributed by atoms with van der Waals surface area (Å²) in [5, 5.41) is 58.3. The number of carbonyl (C=O) groups is 3. The maximum absolute atomic E-state index is 13.7. The number of aliphatic hydroxyl groups is 4. The predicted octanol–water partition coefficient (Wildman–Crippen LogP) is -0.913. The molecule has 5 atom stereocenters. The van der Waals surface area contributed by atoms with Gasteiger partial charge in [-0.15, -0.1) is 0 Å². The Morgan fingerprint density at radius 1 is 1.23 bits per heavy atom. The van der Waals surface area contributed by atoms with E-state index in [2.05, 4.69) is 5.32 Å². The fourth-order valence-corrected chi connectivity index (χ4v) is 5.58. The van der Waals surface area contributed by atoms with E-state index < -0.39 is 76.0 Å². The first-order valence-electron chi connectivity index (χ1n) is 11.3. The zero-order valence-corrected chi connectivity index (χ0v) is 19.4. The molecule has 1 saturated carbocycles. The van der Waals surface area contributed by atoms with Gasteiger partial charge in [-0.05, 0) is 25.7 Å². The number of nitrogens with one attached hydrogen (secondary N) is 1. The normalized spacial score (nSPS) is 30.3. The Balaban J connectivity index is 1.88. The molecule has 4 rings (SSSR count). The minimum Gasteiger partial charge on any atom is -0.508 e. The number of ketones is 2. The quantitative estimate of drug-likeness (QED) is 0.195. The van der Waals surface area contributed by atoms with Crippen LogP contribution in [-0.2, 0) is 14.4 Å². The van der Waals surface area contributed by atoms with Crippen LogP contribution in [0.25, 0.3) is 5.76 Å². The van der Waals surface area contributed by atoms with Crippen LogP contribution in [0.5, 0.6) is 5.75 Å². The summed E-state index contributed by atoms with van der Waals surface area (Å²) in [7, 11) is 3.80. The highest BCUT2D eigenvalue weighted by molar-refractivity contribution is 6.22. The lowest BCUT2D eigenvalue weighted by Gasteiger charge is -2.51. The van der Waals surface area contributed by atoms with Gasteiger partial charge >= 0.3 is 0 Å². The molecule has 1 aromatic carbocycles. The molecule has 11 nitrogen and oxygen atoms in total. The van der Waals surface area contributed by atoms with E-state index in [0.717, 1.165) is 0 Å². The predicted molar refractivity (Wildman–Crippen MR) is 123 cm³/mol. The first-order chi connectivity index (χ1) is 16.4. The minimum atomic E-state index is -2.84. The van der Waals surface area contributed by atoms with Gasteiger partial charge in [0.15, 0.2) is 11.4 Å². The summed E-state index contributed by atoms with van der Waals surface area (Å²) in [5.74, 6) is -8.75. The number of rotatable bonds is 6. The topological polar surface area (TPSA) is 194 Å². The van der Waals surface area contributed by atoms with Crippen LogP contribution in [-0.4, -0.2) is 93.3 Å². The second-order valence-electron chi connectivity index (χ2n) is 9.55. The molecule has 0 saturated heterocycles. The van der Waals surface area contributed by atoms with Crippen LogP contribution in [0.1, 0.15) is 23.5 Å². The highest BCUT2D eigenvalue weighted by Gasteiger charge is 2.65. The zero-order valence-electron chi connectivity index (χ0n) is 19.4. The molecule has 3 aliphatic rings. The van der Waals surface area contributed by atoms with Gasteiger partial charge in [0.2, 0.25) is 5.78 Å². The van der Waals surface area contributed by atoms with Crippen molar-refractivity contribution in [3.05, 3.63) is 46.2 Å². The van der Waals surface area contributed by atoms with E-state index in [4.69, 9.17) is 5.73 Å². The summed E-state index contributed by atoms with van der Waals surface area (Å²) in [6.45, 7) is 1.51. The number of fused-ring (bicyclic) bond motifs is 3. The number of amides is 1. The zero-order chi connectivity index (χ0) is 25.8. The number of phenols is 1. The molecule has 35 heavy (non-hydrogen) atoms. The molecule has 0 aromatic heterocycles. The molecule has 0 radical (unpaired) electrons. The number of aliphatic hydroxyl groups excluding tert-OH is 3. The Kier molecular flexibility index (Phi) is 6.22. The Morgan fingerprint density at radius 3 is 2.54 bits per heavy atom. The van der Waals surface area contributed by atoms with Crippen molar-refractivity contribution < 1.29 is 39.9 Å². The largest absolute Gasteiger partial charge is 0.508 e. The highest BCUT2D eigenvalue weighted by Crippen LogP contribution is 2.55. The molecule has 188 valence electrons. The smallest absolute Gasteiger partial charge is 0.255 e. The van der Waals surface area contributed by atoms with Crippen molar-refractivity contribution in [1.29, 1.82) is 0 Å². The van der Waals surface area contributed by atoms with E-state index in [-0.39, 0.29) is 17.9 Å². The number of nitrogens with zero attached hydrogens (tertiary/aromatic N) is 1. The van der Waals surface area contributed by atoms with Crippen LogP contribution >= 0.6 is 0 Å². The number of aromatic hydroxyl groups is 1. The Morgan fingerprint density at radius 2 is 1.91 bits per heavy atom. The second-order valence-corrected chi connectivity index (χ2v) is 9.55. The molecule has 3 aliphatic carbocycles. The van der Waals surface area contributed by atoms with Gasteiger partial charge in [0.05, 0.1) is 11.7 Å². The average Bonchev–Trinajstić information content (AvgIpc) is 2.77. The molecule has 1 amide bonds. The van der Waals surface area contributed by atoms with Gasteiger partial charge in [0, 0.05) is 49.4 Å². The van der Waals surface area contributed by atoms with Gasteiger partial charge in [0.25, 0.3) is 5.91 Å².